The van der Waals surface area contributed by atoms with Gasteiger partial charge in [0.1, 0.15) is 6.61 Å². The lowest BCUT2D eigenvalue weighted by atomic mass is 10.3. The van der Waals surface area contributed by atoms with Crippen molar-refractivity contribution in [2.45, 2.75) is 33.2 Å². The Morgan fingerprint density at radius 2 is 1.61 bits per heavy atom. The monoisotopic (exact) mass is 334 g/mol. The third-order valence-electron chi connectivity index (χ3n) is 3.24. The normalized spacial score (nSPS) is 11.2. The quantitative estimate of drug-likeness (QED) is 0.445. The fourth-order valence-corrected chi connectivity index (χ4v) is 1.46. The summed E-state index contributed by atoms with van der Waals surface area (Å²) in [6, 6.07) is 0.346. The molecule has 0 bridgehead atoms. The van der Waals surface area contributed by atoms with Crippen molar-refractivity contribution in [1.29, 1.82) is 0 Å². The number of likely N-dealkylation sites (N-methyl/N-ethyl adjacent to an activating group) is 1. The highest BCUT2D eigenvalue weighted by atomic mass is 16.5. The Hall–Kier alpha value is -1.02. The molecule has 0 aliphatic rings. The molecule has 0 aromatic rings. The number of carbonyl (C=O) groups is 2. The van der Waals surface area contributed by atoms with Gasteiger partial charge in [-0.15, -0.1) is 0 Å². The van der Waals surface area contributed by atoms with Gasteiger partial charge in [0, 0.05) is 20.4 Å². The maximum atomic E-state index is 11.6. The van der Waals surface area contributed by atoms with Gasteiger partial charge in [-0.3, -0.25) is 14.5 Å². The molecule has 0 aromatic carbocycles. The predicted octanol–water partition coefficient (Wildman–Crippen LogP) is 0.718. The van der Waals surface area contributed by atoms with E-state index in [4.69, 9.17) is 14.2 Å². The number of ketones is 1. The van der Waals surface area contributed by atoms with Gasteiger partial charge >= 0.3 is 0 Å². The molecule has 23 heavy (non-hydrogen) atoms. The Morgan fingerprint density at radius 1 is 1.04 bits per heavy atom. The third-order valence-corrected chi connectivity index (χ3v) is 3.24. The van der Waals surface area contributed by atoms with Crippen molar-refractivity contribution in [2.75, 3.05) is 59.8 Å². The number of rotatable bonds is 15. The maximum absolute atomic E-state index is 11.6. The number of Topliss-reactive ketones (excluding diaryl/α,β-unsaturated/α-hetero) is 1. The lowest BCUT2D eigenvalue weighted by Crippen LogP contribution is -2.39. The zero-order valence-electron chi connectivity index (χ0n) is 14.9. The first-order valence-electron chi connectivity index (χ1n) is 8.19. The van der Waals surface area contributed by atoms with Crippen LogP contribution in [0.4, 0.5) is 0 Å². The molecule has 0 aromatic heterocycles. The predicted molar refractivity (Wildman–Crippen MR) is 90.6 cm³/mol. The third kappa shape index (κ3) is 14.3. The van der Waals surface area contributed by atoms with E-state index in [-0.39, 0.29) is 19.7 Å². The molecule has 0 unspecified atom stereocenters. The Morgan fingerprint density at radius 3 is 2.17 bits per heavy atom. The van der Waals surface area contributed by atoms with Gasteiger partial charge in [-0.1, -0.05) is 6.92 Å². The highest BCUT2D eigenvalue weighted by molar-refractivity contribution is 5.79. The molecule has 1 amide bonds. The van der Waals surface area contributed by atoms with E-state index in [1.807, 2.05) is 32.7 Å². The summed E-state index contributed by atoms with van der Waals surface area (Å²) in [5.41, 5.74) is 0. The Kier molecular flexibility index (Phi) is 13.9. The number of ether oxygens (including phenoxy) is 3. The summed E-state index contributed by atoms with van der Waals surface area (Å²) in [4.78, 5) is 24.5. The number of carbonyl (C=O) groups excluding carboxylic acids is 2. The number of nitrogens with one attached hydrogen (secondary N) is 1. The van der Waals surface area contributed by atoms with Crippen molar-refractivity contribution in [3.63, 3.8) is 0 Å². The molecule has 0 atom stereocenters. The number of hydrogen-bond acceptors (Lipinski definition) is 6. The molecule has 7 heteroatoms. The van der Waals surface area contributed by atoms with E-state index in [9.17, 15) is 9.59 Å². The van der Waals surface area contributed by atoms with Crippen LogP contribution in [0.15, 0.2) is 0 Å². The van der Waals surface area contributed by atoms with Crippen molar-refractivity contribution in [3.05, 3.63) is 0 Å². The van der Waals surface area contributed by atoms with Crippen LogP contribution in [0.2, 0.25) is 0 Å². The second-order valence-electron chi connectivity index (χ2n) is 5.53. The first-order chi connectivity index (χ1) is 11.0. The van der Waals surface area contributed by atoms with Gasteiger partial charge in [0.2, 0.25) is 5.91 Å². The van der Waals surface area contributed by atoms with E-state index in [0.717, 1.165) is 0 Å². The second kappa shape index (κ2) is 14.6. The fourth-order valence-electron chi connectivity index (χ4n) is 1.46. The summed E-state index contributed by atoms with van der Waals surface area (Å²) in [5.74, 6) is 0.0924. The van der Waals surface area contributed by atoms with Crippen LogP contribution in [-0.4, -0.2) is 82.4 Å². The number of amides is 1. The summed E-state index contributed by atoms with van der Waals surface area (Å²) in [6.45, 7) is 9.18. The molecule has 0 radical (unpaired) electrons. The van der Waals surface area contributed by atoms with Gasteiger partial charge in [0.15, 0.2) is 5.78 Å². The van der Waals surface area contributed by atoms with Crippen LogP contribution in [0, 0.1) is 0 Å². The summed E-state index contributed by atoms with van der Waals surface area (Å²) in [7, 11) is 1.92. The van der Waals surface area contributed by atoms with Crippen LogP contribution in [-0.2, 0) is 23.8 Å². The van der Waals surface area contributed by atoms with Crippen molar-refractivity contribution in [3.8, 4) is 0 Å². The van der Waals surface area contributed by atoms with Gasteiger partial charge in [0.25, 0.3) is 0 Å². The topological polar surface area (TPSA) is 77.1 Å². The summed E-state index contributed by atoms with van der Waals surface area (Å²) in [5, 5.41) is 2.80. The smallest absolute Gasteiger partial charge is 0.234 e. The van der Waals surface area contributed by atoms with Gasteiger partial charge < -0.3 is 19.5 Å². The van der Waals surface area contributed by atoms with Crippen LogP contribution in [0.25, 0.3) is 0 Å². The number of nitrogens with zero attached hydrogens (tertiary/aromatic N) is 1. The zero-order chi connectivity index (χ0) is 17.5. The Bertz CT molecular complexity index is 330. The highest BCUT2D eigenvalue weighted by Crippen LogP contribution is 1.91. The molecule has 0 spiro atoms. The Labute approximate surface area is 141 Å². The standard InChI is InChI=1S/C16H32N2O5.H2/c1-5-15(19)13-23-11-10-22-9-8-21-7-6-17-16(20)12-18(4)14(2)3;/h14H,5-13H2,1-4H3,(H,17,20);1H. The van der Waals surface area contributed by atoms with E-state index in [0.29, 0.717) is 58.6 Å². The molecular formula is C16H34N2O5. The largest absolute Gasteiger partial charge is 0.377 e. The lowest BCUT2D eigenvalue weighted by molar-refractivity contribution is -0.124. The van der Waals surface area contributed by atoms with E-state index in [2.05, 4.69) is 5.32 Å². The molecule has 7 nitrogen and oxygen atoms in total. The van der Waals surface area contributed by atoms with Crippen molar-refractivity contribution < 1.29 is 25.2 Å². The molecule has 0 aliphatic carbocycles. The fraction of sp³-hybridized carbons (Fsp3) is 0.875. The van der Waals surface area contributed by atoms with Crippen molar-refractivity contribution in [1.82, 2.24) is 10.2 Å². The molecule has 0 heterocycles. The SMILES string of the molecule is CCC(=O)COCCOCCOCCNC(=O)CN(C)C(C)C.[HH]. The minimum absolute atomic E-state index is 0. The van der Waals surface area contributed by atoms with Gasteiger partial charge in [-0.05, 0) is 20.9 Å². The van der Waals surface area contributed by atoms with Gasteiger partial charge in [0.05, 0.1) is 39.6 Å². The molecular weight excluding hydrogens is 300 g/mol. The maximum Gasteiger partial charge on any atom is 0.234 e. The van der Waals surface area contributed by atoms with E-state index in [1.54, 1.807) is 0 Å². The van der Waals surface area contributed by atoms with Crippen LogP contribution >= 0.6 is 0 Å². The molecule has 0 rings (SSSR count). The zero-order valence-corrected chi connectivity index (χ0v) is 14.9. The first-order valence-corrected chi connectivity index (χ1v) is 8.19. The van der Waals surface area contributed by atoms with Crippen LogP contribution in [0.1, 0.15) is 28.6 Å². The van der Waals surface area contributed by atoms with Crippen LogP contribution in [0.5, 0.6) is 0 Å². The van der Waals surface area contributed by atoms with Crippen molar-refractivity contribution in [2.24, 2.45) is 0 Å². The van der Waals surface area contributed by atoms with Gasteiger partial charge in [-0.2, -0.15) is 0 Å². The summed E-state index contributed by atoms with van der Waals surface area (Å²) in [6.07, 6.45) is 0.499. The molecule has 1 N–H and O–H groups in total. The van der Waals surface area contributed by atoms with Crippen LogP contribution < -0.4 is 5.32 Å². The average Bonchev–Trinajstić information content (AvgIpc) is 2.51. The Balaban J connectivity index is 0. The molecule has 138 valence electrons. The summed E-state index contributed by atoms with van der Waals surface area (Å²) < 4.78 is 15.8. The summed E-state index contributed by atoms with van der Waals surface area (Å²) >= 11 is 0. The second-order valence-corrected chi connectivity index (χ2v) is 5.53. The highest BCUT2D eigenvalue weighted by Gasteiger charge is 2.08. The first kappa shape index (κ1) is 22.0. The average molecular weight is 334 g/mol. The minimum Gasteiger partial charge on any atom is -0.377 e. The number of hydrogen-bond donors (Lipinski definition) is 1. The lowest BCUT2D eigenvalue weighted by Gasteiger charge is -2.20. The molecule has 0 fully saturated rings. The minimum atomic E-state index is -0.000162. The van der Waals surface area contributed by atoms with E-state index in [1.165, 1.54) is 0 Å². The van der Waals surface area contributed by atoms with Gasteiger partial charge in [-0.25, -0.2) is 0 Å². The van der Waals surface area contributed by atoms with Crippen molar-refractivity contribution >= 4 is 11.7 Å². The molecule has 0 aliphatic heterocycles. The van der Waals surface area contributed by atoms with Crippen LogP contribution in [0.3, 0.4) is 0 Å². The van der Waals surface area contributed by atoms with E-state index >= 15 is 0 Å². The van der Waals surface area contributed by atoms with E-state index < -0.39 is 0 Å². The molecule has 0 saturated carbocycles. The molecule has 0 saturated heterocycles.